The van der Waals surface area contributed by atoms with Gasteiger partial charge in [0, 0.05) is 0 Å². The van der Waals surface area contributed by atoms with Crippen molar-refractivity contribution in [3.05, 3.63) is 0 Å². The van der Waals surface area contributed by atoms with Crippen molar-refractivity contribution in [1.82, 2.24) is 0 Å². The molecule has 0 nitrogen and oxygen atoms in total. The van der Waals surface area contributed by atoms with Crippen LogP contribution >= 0.6 is 0 Å². The molecule has 1 rings (SSSR count). The lowest BCUT2D eigenvalue weighted by atomic mass is 9.54. The maximum Gasteiger partial charge on any atom is -0.0264 e. The molecule has 0 bridgehead atoms. The van der Waals surface area contributed by atoms with Crippen LogP contribution in [0.25, 0.3) is 0 Å². The second-order valence-corrected chi connectivity index (χ2v) is 7.28. The first kappa shape index (κ1) is 14.1. The fourth-order valence-corrected chi connectivity index (χ4v) is 4.55. The Labute approximate surface area is 103 Å². The van der Waals surface area contributed by atoms with Gasteiger partial charge in [-0.15, -0.1) is 0 Å². The van der Waals surface area contributed by atoms with Crippen LogP contribution in [0.3, 0.4) is 0 Å². The van der Waals surface area contributed by atoms with Gasteiger partial charge in [-0.3, -0.25) is 0 Å². The average molecular weight is 224 g/mol. The quantitative estimate of drug-likeness (QED) is 0.577. The minimum absolute atomic E-state index is 0.566. The summed E-state index contributed by atoms with van der Waals surface area (Å²) in [6, 6.07) is 0. The van der Waals surface area contributed by atoms with Gasteiger partial charge in [0.05, 0.1) is 0 Å². The average Bonchev–Trinajstić information content (AvgIpc) is 2.13. The smallest absolute Gasteiger partial charge is 0.0264 e. The summed E-state index contributed by atoms with van der Waals surface area (Å²) in [7, 11) is 0. The van der Waals surface area contributed by atoms with Crippen LogP contribution in [0.15, 0.2) is 0 Å². The van der Waals surface area contributed by atoms with E-state index in [0.717, 1.165) is 11.8 Å². The summed E-state index contributed by atoms with van der Waals surface area (Å²) in [4.78, 5) is 0. The van der Waals surface area contributed by atoms with Crippen LogP contribution < -0.4 is 0 Å². The number of hydrogen-bond donors (Lipinski definition) is 0. The Morgan fingerprint density at radius 2 is 1.81 bits per heavy atom. The highest BCUT2D eigenvalue weighted by Gasteiger charge is 2.44. The van der Waals surface area contributed by atoms with Crippen molar-refractivity contribution in [3.63, 3.8) is 0 Å². The zero-order valence-corrected chi connectivity index (χ0v) is 12.4. The molecule has 0 heterocycles. The minimum atomic E-state index is 0.566. The summed E-state index contributed by atoms with van der Waals surface area (Å²) >= 11 is 0. The van der Waals surface area contributed by atoms with Crippen molar-refractivity contribution < 1.29 is 0 Å². The third-order valence-corrected chi connectivity index (χ3v) is 4.89. The van der Waals surface area contributed by atoms with Gasteiger partial charge >= 0.3 is 0 Å². The van der Waals surface area contributed by atoms with Crippen molar-refractivity contribution in [2.45, 2.75) is 80.1 Å². The van der Waals surface area contributed by atoms with E-state index in [1.165, 1.54) is 38.5 Å². The van der Waals surface area contributed by atoms with Crippen LogP contribution in [0.2, 0.25) is 0 Å². The molecule has 0 aromatic heterocycles. The Bertz CT molecular complexity index is 216. The first-order chi connectivity index (χ1) is 7.35. The predicted molar refractivity (Wildman–Crippen MR) is 73.6 cm³/mol. The molecular weight excluding hydrogens is 192 g/mol. The highest BCUT2D eigenvalue weighted by molar-refractivity contribution is 4.95. The molecule has 0 radical (unpaired) electrons. The van der Waals surface area contributed by atoms with Crippen LogP contribution in [0.1, 0.15) is 80.1 Å². The molecule has 0 saturated heterocycles. The van der Waals surface area contributed by atoms with E-state index in [1.54, 1.807) is 0 Å². The van der Waals surface area contributed by atoms with Gasteiger partial charge in [-0.25, -0.2) is 0 Å². The molecule has 3 unspecified atom stereocenters. The van der Waals surface area contributed by atoms with Crippen molar-refractivity contribution in [2.75, 3.05) is 0 Å². The standard InChI is InChI=1S/C16H32/c1-7-9-16(14(4)8-2)11-13(3)10-15(5,6)12-16/h13-14H,7-12H2,1-6H3. The maximum absolute atomic E-state index is 2.49. The maximum atomic E-state index is 2.49. The van der Waals surface area contributed by atoms with Gasteiger partial charge in [0.15, 0.2) is 0 Å². The summed E-state index contributed by atoms with van der Waals surface area (Å²) in [6.07, 6.45) is 8.49. The summed E-state index contributed by atoms with van der Waals surface area (Å²) in [5.74, 6) is 1.82. The minimum Gasteiger partial charge on any atom is -0.0654 e. The second kappa shape index (κ2) is 5.10. The van der Waals surface area contributed by atoms with Crippen molar-refractivity contribution >= 4 is 0 Å². The van der Waals surface area contributed by atoms with E-state index in [9.17, 15) is 0 Å². The molecule has 3 atom stereocenters. The van der Waals surface area contributed by atoms with E-state index >= 15 is 0 Å². The number of hydrogen-bond acceptors (Lipinski definition) is 0. The lowest BCUT2D eigenvalue weighted by molar-refractivity contribution is -0.00482. The lowest BCUT2D eigenvalue weighted by Gasteiger charge is -2.51. The van der Waals surface area contributed by atoms with Crippen molar-refractivity contribution in [3.8, 4) is 0 Å². The molecule has 0 N–H and O–H groups in total. The predicted octanol–water partition coefficient (Wildman–Crippen LogP) is 5.67. The summed E-state index contributed by atoms with van der Waals surface area (Å²) in [5.41, 5.74) is 1.21. The largest absolute Gasteiger partial charge is 0.0654 e. The van der Waals surface area contributed by atoms with Gasteiger partial charge in [-0.05, 0) is 48.3 Å². The molecule has 1 aliphatic carbocycles. The summed E-state index contributed by atoms with van der Waals surface area (Å²) < 4.78 is 0. The lowest BCUT2D eigenvalue weighted by Crippen LogP contribution is -2.41. The van der Waals surface area contributed by atoms with E-state index in [4.69, 9.17) is 0 Å². The van der Waals surface area contributed by atoms with Gasteiger partial charge in [0.2, 0.25) is 0 Å². The molecule has 0 aromatic carbocycles. The normalized spacial score (nSPS) is 36.0. The molecule has 0 heteroatoms. The third-order valence-electron chi connectivity index (χ3n) is 4.89. The molecule has 1 saturated carbocycles. The molecule has 0 aromatic rings. The molecular formula is C16H32. The molecule has 0 amide bonds. The first-order valence-corrected chi connectivity index (χ1v) is 7.35. The van der Waals surface area contributed by atoms with Crippen LogP contribution in [0.5, 0.6) is 0 Å². The molecule has 16 heavy (non-hydrogen) atoms. The van der Waals surface area contributed by atoms with Crippen molar-refractivity contribution in [1.29, 1.82) is 0 Å². The molecule has 0 spiro atoms. The Hall–Kier alpha value is 0. The Morgan fingerprint density at radius 1 is 1.19 bits per heavy atom. The fraction of sp³-hybridized carbons (Fsp3) is 1.00. The van der Waals surface area contributed by atoms with Gasteiger partial charge < -0.3 is 0 Å². The van der Waals surface area contributed by atoms with E-state index in [0.29, 0.717) is 10.8 Å². The topological polar surface area (TPSA) is 0 Å². The molecule has 0 aliphatic heterocycles. The SMILES string of the molecule is CCCC1(C(C)CC)CC(C)CC(C)(C)C1. The highest BCUT2D eigenvalue weighted by atomic mass is 14.5. The van der Waals surface area contributed by atoms with Gasteiger partial charge in [-0.2, -0.15) is 0 Å². The van der Waals surface area contributed by atoms with Crippen LogP contribution in [-0.2, 0) is 0 Å². The monoisotopic (exact) mass is 224 g/mol. The highest BCUT2D eigenvalue weighted by Crippen LogP contribution is 2.55. The van der Waals surface area contributed by atoms with Crippen LogP contribution in [-0.4, -0.2) is 0 Å². The fourth-order valence-electron chi connectivity index (χ4n) is 4.55. The summed E-state index contributed by atoms with van der Waals surface area (Å²) in [6.45, 7) is 14.6. The molecule has 1 fully saturated rings. The van der Waals surface area contributed by atoms with E-state index in [-0.39, 0.29) is 0 Å². The van der Waals surface area contributed by atoms with Gasteiger partial charge in [0.1, 0.15) is 0 Å². The Kier molecular flexibility index (Phi) is 4.49. The first-order valence-electron chi connectivity index (χ1n) is 7.35. The van der Waals surface area contributed by atoms with Gasteiger partial charge in [0.25, 0.3) is 0 Å². The summed E-state index contributed by atoms with van der Waals surface area (Å²) in [5, 5.41) is 0. The molecule has 1 aliphatic rings. The molecule has 96 valence electrons. The van der Waals surface area contributed by atoms with Gasteiger partial charge in [-0.1, -0.05) is 54.4 Å². The zero-order chi connectivity index (χ0) is 12.4. The number of rotatable bonds is 4. The van der Waals surface area contributed by atoms with E-state index < -0.39 is 0 Å². The van der Waals surface area contributed by atoms with Crippen molar-refractivity contribution in [2.24, 2.45) is 22.7 Å². The second-order valence-electron chi connectivity index (χ2n) is 7.28. The van der Waals surface area contributed by atoms with E-state index in [1.807, 2.05) is 0 Å². The Morgan fingerprint density at radius 3 is 2.25 bits per heavy atom. The Balaban J connectivity index is 2.90. The zero-order valence-electron chi connectivity index (χ0n) is 12.4. The third kappa shape index (κ3) is 3.02. The van der Waals surface area contributed by atoms with Crippen LogP contribution in [0.4, 0.5) is 0 Å². The van der Waals surface area contributed by atoms with Crippen LogP contribution in [0, 0.1) is 22.7 Å². The van der Waals surface area contributed by atoms with E-state index in [2.05, 4.69) is 41.5 Å².